The molecule has 13 heteroatoms. The molecule has 0 aliphatic heterocycles. The number of hydrogen-bond acceptors (Lipinski definition) is 7. The van der Waals surface area contributed by atoms with E-state index in [9.17, 15) is 38.9 Å². The zero-order chi connectivity index (χ0) is 26.5. The van der Waals surface area contributed by atoms with Gasteiger partial charge in [0.05, 0.1) is 7.11 Å². The van der Waals surface area contributed by atoms with E-state index in [0.29, 0.717) is 5.56 Å². The summed E-state index contributed by atoms with van der Waals surface area (Å²) in [5, 5.41) is 0. The maximum Gasteiger partial charge on any atom is 0.295 e. The van der Waals surface area contributed by atoms with Crippen molar-refractivity contribution >= 4 is 30.4 Å². The molecule has 0 heterocycles. The van der Waals surface area contributed by atoms with Gasteiger partial charge in [-0.05, 0) is 67.3 Å². The van der Waals surface area contributed by atoms with Crippen molar-refractivity contribution in [3.05, 3.63) is 59.2 Å². The van der Waals surface area contributed by atoms with Crippen LogP contribution in [0.2, 0.25) is 0 Å². The molecule has 0 saturated carbocycles. The molecule has 35 heavy (non-hydrogen) atoms. The third-order valence-electron chi connectivity index (χ3n) is 5.44. The van der Waals surface area contributed by atoms with Crippen molar-refractivity contribution in [2.24, 2.45) is 0 Å². The molecule has 0 aliphatic carbocycles. The van der Waals surface area contributed by atoms with Gasteiger partial charge in [0.1, 0.15) is 20.4 Å². The summed E-state index contributed by atoms with van der Waals surface area (Å²) in [7, 11) is -13.2. The largest absolute Gasteiger partial charge is 0.497 e. The lowest BCUT2D eigenvalue weighted by Gasteiger charge is -2.21. The maximum atomic E-state index is 12.3. The van der Waals surface area contributed by atoms with Crippen LogP contribution in [0, 0.1) is 20.8 Å². The van der Waals surface area contributed by atoms with Crippen LogP contribution in [0.3, 0.4) is 0 Å². The summed E-state index contributed by atoms with van der Waals surface area (Å²) in [6.07, 6.45) is 0. The monoisotopic (exact) mass is 542 g/mol. The van der Waals surface area contributed by atoms with E-state index in [2.05, 4.69) is 0 Å². The molecule has 0 aliphatic rings. The molecule has 3 rings (SSSR count). The Labute approximate surface area is 203 Å². The Morgan fingerprint density at radius 1 is 0.629 bits per heavy atom. The van der Waals surface area contributed by atoms with E-state index in [1.54, 1.807) is 6.92 Å². The molecule has 0 bridgehead atoms. The first-order valence-corrected chi connectivity index (χ1v) is 14.1. The predicted octanol–water partition coefficient (Wildman–Crippen LogP) is 3.69. The first-order valence-electron chi connectivity index (χ1n) is 9.83. The number of ether oxygens (including phenoxy) is 1. The molecule has 0 unspecified atom stereocenters. The Morgan fingerprint density at radius 3 is 1.63 bits per heavy atom. The summed E-state index contributed by atoms with van der Waals surface area (Å²) in [5.74, 6) is 0.124. The van der Waals surface area contributed by atoms with Crippen molar-refractivity contribution in [1.29, 1.82) is 0 Å². The van der Waals surface area contributed by atoms with Gasteiger partial charge in [0.25, 0.3) is 30.4 Å². The fraction of sp³-hybridized carbons (Fsp3) is 0.182. The smallest absolute Gasteiger partial charge is 0.295 e. The Hall–Kier alpha value is -2.81. The van der Waals surface area contributed by atoms with Gasteiger partial charge in [-0.2, -0.15) is 25.3 Å². The summed E-state index contributed by atoms with van der Waals surface area (Å²) in [6, 6.07) is 8.78. The third kappa shape index (κ3) is 5.24. The van der Waals surface area contributed by atoms with Gasteiger partial charge in [-0.3, -0.25) is 13.7 Å². The Bertz CT molecular complexity index is 1670. The van der Waals surface area contributed by atoms with Crippen LogP contribution >= 0.6 is 0 Å². The molecule has 0 saturated heterocycles. The van der Waals surface area contributed by atoms with Gasteiger partial charge in [-0.15, -0.1) is 0 Å². The highest BCUT2D eigenvalue weighted by molar-refractivity contribution is 7.86. The summed E-state index contributed by atoms with van der Waals surface area (Å²) in [6.45, 7) is 4.42. The van der Waals surface area contributed by atoms with Crippen LogP contribution in [0.4, 0.5) is 0 Å². The minimum atomic E-state index is -4.91. The molecule has 3 N–H and O–H groups in total. The minimum absolute atomic E-state index is 0.0213. The Morgan fingerprint density at radius 2 is 1.11 bits per heavy atom. The molecule has 0 fully saturated rings. The number of hydrogen-bond donors (Lipinski definition) is 3. The highest BCUT2D eigenvalue weighted by Gasteiger charge is 2.29. The van der Waals surface area contributed by atoms with Gasteiger partial charge in [0, 0.05) is 22.8 Å². The maximum absolute atomic E-state index is 12.3. The van der Waals surface area contributed by atoms with E-state index in [1.165, 1.54) is 45.2 Å². The zero-order valence-corrected chi connectivity index (χ0v) is 21.4. The van der Waals surface area contributed by atoms with E-state index >= 15 is 0 Å². The van der Waals surface area contributed by atoms with Crippen LogP contribution in [0.5, 0.6) is 5.75 Å². The van der Waals surface area contributed by atoms with Crippen LogP contribution in [-0.2, 0) is 30.4 Å². The Kier molecular flexibility index (Phi) is 6.89. The number of benzene rings is 3. The van der Waals surface area contributed by atoms with Crippen LogP contribution in [0.1, 0.15) is 16.7 Å². The summed E-state index contributed by atoms with van der Waals surface area (Å²) >= 11 is 0. The average molecular weight is 543 g/mol. The lowest BCUT2D eigenvalue weighted by molar-refractivity contribution is 0.412. The van der Waals surface area contributed by atoms with Gasteiger partial charge >= 0.3 is 0 Å². The van der Waals surface area contributed by atoms with Crippen molar-refractivity contribution in [1.82, 2.24) is 0 Å². The fourth-order valence-electron chi connectivity index (χ4n) is 4.00. The topological polar surface area (TPSA) is 172 Å². The molecule has 188 valence electrons. The molecule has 0 atom stereocenters. The van der Waals surface area contributed by atoms with Crippen LogP contribution in [0.25, 0.3) is 22.3 Å². The standard InChI is InChI=1S/C22H22O10S3/c1-12-5-7-17(18(9-12)33(23,24)25)22-14(3)21(13(2)10-20(22)35(29,30)31)16-8-6-15(32-4)11-19(16)34(26,27)28/h5-11H,1-4H3,(H,23,24,25)(H,26,27,28)(H,29,30,31). The highest BCUT2D eigenvalue weighted by Crippen LogP contribution is 2.43. The lowest BCUT2D eigenvalue weighted by Crippen LogP contribution is -2.09. The molecule has 3 aromatic carbocycles. The van der Waals surface area contributed by atoms with Gasteiger partial charge in [0.15, 0.2) is 0 Å². The average Bonchev–Trinajstić information content (AvgIpc) is 2.72. The predicted molar refractivity (Wildman–Crippen MR) is 128 cm³/mol. The fourth-order valence-corrected chi connectivity index (χ4v) is 6.34. The van der Waals surface area contributed by atoms with Gasteiger partial charge in [-0.25, -0.2) is 0 Å². The van der Waals surface area contributed by atoms with Gasteiger partial charge in [0.2, 0.25) is 0 Å². The second kappa shape index (κ2) is 9.00. The first kappa shape index (κ1) is 26.8. The van der Waals surface area contributed by atoms with E-state index in [4.69, 9.17) is 4.74 Å². The molecule has 0 amide bonds. The van der Waals surface area contributed by atoms with Gasteiger partial charge in [-0.1, -0.05) is 12.1 Å². The third-order valence-corrected chi connectivity index (χ3v) is 8.10. The molecule has 0 aromatic heterocycles. The van der Waals surface area contributed by atoms with Crippen molar-refractivity contribution < 1.29 is 43.6 Å². The lowest BCUT2D eigenvalue weighted by atomic mass is 9.89. The van der Waals surface area contributed by atoms with Crippen molar-refractivity contribution in [3.63, 3.8) is 0 Å². The molecule has 10 nitrogen and oxygen atoms in total. The first-order chi connectivity index (χ1) is 16.0. The van der Waals surface area contributed by atoms with E-state index < -0.39 is 45.0 Å². The van der Waals surface area contributed by atoms with E-state index in [0.717, 1.165) is 18.2 Å². The molecular formula is C22H22O10S3. The second-order valence-electron chi connectivity index (χ2n) is 7.85. The van der Waals surface area contributed by atoms with E-state index in [1.807, 2.05) is 0 Å². The minimum Gasteiger partial charge on any atom is -0.497 e. The quantitative estimate of drug-likeness (QED) is 0.390. The molecule has 0 spiro atoms. The number of rotatable bonds is 6. The molecular weight excluding hydrogens is 520 g/mol. The van der Waals surface area contributed by atoms with Crippen molar-refractivity contribution in [2.45, 2.75) is 35.5 Å². The van der Waals surface area contributed by atoms with E-state index in [-0.39, 0.29) is 39.1 Å². The van der Waals surface area contributed by atoms with Crippen LogP contribution < -0.4 is 4.74 Å². The van der Waals surface area contributed by atoms with Crippen molar-refractivity contribution in [2.75, 3.05) is 7.11 Å². The Balaban J connectivity index is 2.59. The summed E-state index contributed by atoms with van der Waals surface area (Å²) in [5.41, 5.74) is 0.361. The summed E-state index contributed by atoms with van der Waals surface area (Å²) in [4.78, 5) is -1.79. The molecule has 0 radical (unpaired) electrons. The molecule has 3 aromatic rings. The zero-order valence-electron chi connectivity index (χ0n) is 19.0. The number of methoxy groups -OCH3 is 1. The highest BCUT2D eigenvalue weighted by atomic mass is 32.2. The summed E-state index contributed by atoms with van der Waals surface area (Å²) < 4.78 is 108. The van der Waals surface area contributed by atoms with Crippen molar-refractivity contribution in [3.8, 4) is 28.0 Å². The van der Waals surface area contributed by atoms with Gasteiger partial charge < -0.3 is 4.74 Å². The normalized spacial score (nSPS) is 12.5. The van der Waals surface area contributed by atoms with Crippen LogP contribution in [-0.4, -0.2) is 46.0 Å². The van der Waals surface area contributed by atoms with Crippen LogP contribution in [0.15, 0.2) is 57.2 Å². The second-order valence-corrected chi connectivity index (χ2v) is 12.0. The SMILES string of the molecule is COc1ccc(-c2c(C)cc(S(=O)(=O)O)c(-c3ccc(C)cc3S(=O)(=O)O)c2C)c(S(=O)(=O)O)c1. The number of aryl methyl sites for hydroxylation is 2.